The molecule has 12 heteroatoms. The lowest BCUT2D eigenvalue weighted by Crippen LogP contribution is -2.27. The molecule has 6 rings (SSSR count). The summed E-state index contributed by atoms with van der Waals surface area (Å²) in [5.74, 6) is 0.486. The molecule has 0 atom stereocenters. The largest absolute Gasteiger partial charge is 0.335 e. The molecule has 10 nitrogen and oxygen atoms in total. The van der Waals surface area contributed by atoms with Crippen molar-refractivity contribution >= 4 is 32.0 Å². The van der Waals surface area contributed by atoms with Gasteiger partial charge in [0.1, 0.15) is 11.5 Å². The number of halogens is 1. The number of sulfonamides is 1. The molecule has 0 bridgehead atoms. The molecule has 0 saturated carbocycles. The smallest absolute Gasteiger partial charge is 0.209 e. The van der Waals surface area contributed by atoms with Crippen LogP contribution in [-0.2, 0) is 16.6 Å². The summed E-state index contributed by atoms with van der Waals surface area (Å²) in [5.41, 5.74) is 5.49. The Hall–Kier alpha value is -3.74. The van der Waals surface area contributed by atoms with E-state index in [1.54, 1.807) is 18.5 Å². The first kappa shape index (κ1) is 23.6. The van der Waals surface area contributed by atoms with Gasteiger partial charge in [0.25, 0.3) is 0 Å². The number of benzene rings is 1. The van der Waals surface area contributed by atoms with E-state index in [1.165, 1.54) is 12.1 Å². The number of hydrogen-bond donors (Lipinski definition) is 4. The van der Waals surface area contributed by atoms with E-state index >= 15 is 0 Å². The van der Waals surface area contributed by atoms with Gasteiger partial charge in [0, 0.05) is 35.3 Å². The van der Waals surface area contributed by atoms with Gasteiger partial charge in [0.15, 0.2) is 5.82 Å². The maximum atomic E-state index is 14.5. The van der Waals surface area contributed by atoms with Crippen LogP contribution in [0.25, 0.3) is 44.6 Å². The predicted octanol–water partition coefficient (Wildman–Crippen LogP) is 3.22. The molecule has 0 aliphatic carbocycles. The van der Waals surface area contributed by atoms with Crippen molar-refractivity contribution in [2.24, 2.45) is 0 Å². The molecular weight excluding hydrogens is 495 g/mol. The van der Waals surface area contributed by atoms with Gasteiger partial charge in [-0.3, -0.25) is 15.1 Å². The number of fused-ring (bicyclic) bond motifs is 2. The first-order valence-corrected chi connectivity index (χ1v) is 13.9. The number of hydrogen-bond acceptors (Lipinski definition) is 7. The van der Waals surface area contributed by atoms with E-state index < -0.39 is 15.8 Å². The summed E-state index contributed by atoms with van der Waals surface area (Å²) in [6.45, 7) is 1.94. The first-order valence-electron chi connectivity index (χ1n) is 12.0. The molecule has 0 unspecified atom stereocenters. The SMILES string of the molecule is CS(=O)(=O)NCc1cc(F)cc(-c2cncc3[nH]c(-c4n[nH]c5cnc(C6CCNCC6)cc45)nc23)c1. The van der Waals surface area contributed by atoms with Gasteiger partial charge in [0.05, 0.1) is 35.2 Å². The molecule has 1 saturated heterocycles. The number of nitrogens with one attached hydrogen (secondary N) is 4. The quantitative estimate of drug-likeness (QED) is 0.269. The molecule has 5 heterocycles. The van der Waals surface area contributed by atoms with E-state index in [4.69, 9.17) is 4.98 Å². The number of aromatic amines is 2. The molecule has 1 aliphatic rings. The van der Waals surface area contributed by atoms with Gasteiger partial charge >= 0.3 is 0 Å². The van der Waals surface area contributed by atoms with Gasteiger partial charge < -0.3 is 10.3 Å². The maximum Gasteiger partial charge on any atom is 0.209 e. The van der Waals surface area contributed by atoms with Crippen LogP contribution in [0.3, 0.4) is 0 Å². The molecule has 1 fully saturated rings. The summed E-state index contributed by atoms with van der Waals surface area (Å²) >= 11 is 0. The first-order chi connectivity index (χ1) is 17.8. The van der Waals surface area contributed by atoms with Gasteiger partial charge in [-0.05, 0) is 61.3 Å². The third-order valence-electron chi connectivity index (χ3n) is 6.65. The van der Waals surface area contributed by atoms with Crippen molar-refractivity contribution in [3.05, 3.63) is 59.9 Å². The molecule has 190 valence electrons. The van der Waals surface area contributed by atoms with Crippen LogP contribution in [0.2, 0.25) is 0 Å². The Labute approximate surface area is 212 Å². The molecule has 4 aromatic heterocycles. The number of H-pyrrole nitrogens is 2. The van der Waals surface area contributed by atoms with Gasteiger partial charge in [-0.1, -0.05) is 0 Å². The lowest BCUT2D eigenvalue weighted by atomic mass is 9.93. The van der Waals surface area contributed by atoms with Crippen molar-refractivity contribution in [3.63, 3.8) is 0 Å². The van der Waals surface area contributed by atoms with Gasteiger partial charge in [0.2, 0.25) is 10.0 Å². The third-order valence-corrected chi connectivity index (χ3v) is 7.32. The van der Waals surface area contributed by atoms with Crippen molar-refractivity contribution in [3.8, 4) is 22.6 Å². The van der Waals surface area contributed by atoms with E-state index in [2.05, 4.69) is 41.3 Å². The highest BCUT2D eigenvalue weighted by molar-refractivity contribution is 7.88. The second-order valence-corrected chi connectivity index (χ2v) is 11.2. The Morgan fingerprint density at radius 1 is 1.08 bits per heavy atom. The fourth-order valence-corrected chi connectivity index (χ4v) is 5.26. The fourth-order valence-electron chi connectivity index (χ4n) is 4.83. The van der Waals surface area contributed by atoms with E-state index in [9.17, 15) is 12.8 Å². The summed E-state index contributed by atoms with van der Waals surface area (Å²) in [7, 11) is -3.42. The number of imidazole rings is 1. The van der Waals surface area contributed by atoms with E-state index in [-0.39, 0.29) is 6.54 Å². The minimum absolute atomic E-state index is 0.0223. The highest BCUT2D eigenvalue weighted by Crippen LogP contribution is 2.33. The molecule has 0 amide bonds. The highest BCUT2D eigenvalue weighted by Gasteiger charge is 2.20. The van der Waals surface area contributed by atoms with Crippen molar-refractivity contribution in [1.29, 1.82) is 0 Å². The molecule has 0 radical (unpaired) electrons. The highest BCUT2D eigenvalue weighted by atomic mass is 32.2. The molecule has 4 N–H and O–H groups in total. The number of aromatic nitrogens is 6. The zero-order valence-corrected chi connectivity index (χ0v) is 20.9. The standard InChI is InChI=1S/C25H25FN8O2S/c1-37(35,36)30-10-14-6-16(8-17(26)7-14)19-11-28-12-22-23(19)32-25(31-22)24-18-9-20(15-2-4-27-5-3-15)29-13-21(18)33-34-24/h6-9,11-13,15,27,30H,2-5,10H2,1H3,(H,31,32)(H,33,34). The minimum atomic E-state index is -3.42. The summed E-state index contributed by atoms with van der Waals surface area (Å²) in [6, 6.07) is 6.50. The Kier molecular flexibility index (Phi) is 5.94. The van der Waals surface area contributed by atoms with Crippen LogP contribution in [0.5, 0.6) is 0 Å². The summed E-state index contributed by atoms with van der Waals surface area (Å²) in [5, 5.41) is 11.9. The Morgan fingerprint density at radius 2 is 1.92 bits per heavy atom. The monoisotopic (exact) mass is 520 g/mol. The Balaban J connectivity index is 1.40. The van der Waals surface area contributed by atoms with Gasteiger partial charge in [-0.2, -0.15) is 5.10 Å². The van der Waals surface area contributed by atoms with Crippen LogP contribution >= 0.6 is 0 Å². The maximum absolute atomic E-state index is 14.5. The zero-order valence-electron chi connectivity index (χ0n) is 20.0. The second-order valence-electron chi connectivity index (χ2n) is 9.36. The van der Waals surface area contributed by atoms with Gasteiger partial charge in [-0.15, -0.1) is 0 Å². The normalized spacial score (nSPS) is 15.1. The summed E-state index contributed by atoms with van der Waals surface area (Å²) < 4.78 is 39.9. The Bertz CT molecular complexity index is 1720. The zero-order chi connectivity index (χ0) is 25.6. The van der Waals surface area contributed by atoms with Crippen LogP contribution in [0.1, 0.15) is 30.0 Å². The van der Waals surface area contributed by atoms with Crippen molar-refractivity contribution in [2.45, 2.75) is 25.3 Å². The van der Waals surface area contributed by atoms with Crippen molar-refractivity contribution < 1.29 is 12.8 Å². The summed E-state index contributed by atoms with van der Waals surface area (Å²) in [4.78, 5) is 17.1. The molecule has 5 aromatic rings. The van der Waals surface area contributed by atoms with Crippen LogP contribution in [-0.4, -0.2) is 57.9 Å². The predicted molar refractivity (Wildman–Crippen MR) is 139 cm³/mol. The minimum Gasteiger partial charge on any atom is -0.335 e. The summed E-state index contributed by atoms with van der Waals surface area (Å²) in [6.07, 6.45) is 8.25. The van der Waals surface area contributed by atoms with E-state index in [0.717, 1.165) is 48.8 Å². The lowest BCUT2D eigenvalue weighted by Gasteiger charge is -2.21. The number of piperidine rings is 1. The van der Waals surface area contributed by atoms with E-state index in [1.807, 2.05) is 6.20 Å². The number of rotatable bonds is 6. The molecular formula is C25H25FN8O2S. The van der Waals surface area contributed by atoms with Crippen LogP contribution in [0.4, 0.5) is 4.39 Å². The third kappa shape index (κ3) is 4.82. The molecule has 1 aromatic carbocycles. The topological polar surface area (TPSA) is 141 Å². The van der Waals surface area contributed by atoms with Crippen LogP contribution < -0.4 is 10.0 Å². The molecule has 1 aliphatic heterocycles. The van der Waals surface area contributed by atoms with E-state index in [0.29, 0.717) is 45.2 Å². The second kappa shape index (κ2) is 9.29. The Morgan fingerprint density at radius 3 is 2.73 bits per heavy atom. The molecule has 37 heavy (non-hydrogen) atoms. The average Bonchev–Trinajstić information content (AvgIpc) is 3.51. The van der Waals surface area contributed by atoms with Crippen molar-refractivity contribution in [2.75, 3.05) is 19.3 Å². The number of pyridine rings is 2. The van der Waals surface area contributed by atoms with Gasteiger partial charge in [-0.25, -0.2) is 22.5 Å². The van der Waals surface area contributed by atoms with Crippen LogP contribution in [0, 0.1) is 5.82 Å². The number of nitrogens with zero attached hydrogens (tertiary/aromatic N) is 4. The fraction of sp³-hybridized carbons (Fsp3) is 0.280. The lowest BCUT2D eigenvalue weighted by molar-refractivity contribution is 0.453. The molecule has 0 spiro atoms. The van der Waals surface area contributed by atoms with Crippen molar-refractivity contribution in [1.82, 2.24) is 40.2 Å². The average molecular weight is 521 g/mol. The van der Waals surface area contributed by atoms with Crippen LogP contribution in [0.15, 0.2) is 42.9 Å².